The molecular weight excluding hydrogens is 484 g/mol. The van der Waals surface area contributed by atoms with E-state index in [4.69, 9.17) is 15.2 Å². The maximum absolute atomic E-state index is 13.8. The topological polar surface area (TPSA) is 114 Å². The highest BCUT2D eigenvalue weighted by atomic mass is 16.5. The van der Waals surface area contributed by atoms with Gasteiger partial charge in [-0.15, -0.1) is 0 Å². The lowest BCUT2D eigenvalue weighted by molar-refractivity contribution is -0.127. The number of amides is 2. The molecule has 38 heavy (non-hydrogen) atoms. The average Bonchev–Trinajstić information content (AvgIpc) is 2.95. The van der Waals surface area contributed by atoms with E-state index in [2.05, 4.69) is 10.2 Å². The molecule has 2 heterocycles. The first-order valence-corrected chi connectivity index (χ1v) is 13.3. The van der Waals surface area contributed by atoms with E-state index in [1.165, 1.54) is 12.8 Å². The molecule has 0 spiro atoms. The Kier molecular flexibility index (Phi) is 9.73. The van der Waals surface area contributed by atoms with E-state index in [9.17, 15) is 14.4 Å². The van der Waals surface area contributed by atoms with E-state index < -0.39 is 5.91 Å². The molecule has 2 saturated heterocycles. The third kappa shape index (κ3) is 7.55. The number of carbonyl (C=O) groups excluding carboxylic acids is 3. The van der Waals surface area contributed by atoms with E-state index >= 15 is 0 Å². The largest absolute Gasteiger partial charge is 0.497 e. The number of nitrogens with two attached hydrogens (primary N) is 1. The number of Topliss-reactive ketones (excluding diaryl/α,β-unsaturated/α-hetero) is 1. The summed E-state index contributed by atoms with van der Waals surface area (Å²) < 4.78 is 10.8. The SMILES string of the molecule is COc1ccc(CN(C(=O)c2ccc(OCC(=O)CC(N)=O)cc2)C2CCN(C3CCNCC3)CC2)cc1. The number of primary amides is 1. The van der Waals surface area contributed by atoms with E-state index in [0.717, 1.165) is 50.3 Å². The van der Waals surface area contributed by atoms with E-state index in [1.807, 2.05) is 29.2 Å². The van der Waals surface area contributed by atoms with Crippen LogP contribution >= 0.6 is 0 Å². The number of likely N-dealkylation sites (tertiary alicyclic amines) is 1. The Morgan fingerprint density at radius 3 is 2.18 bits per heavy atom. The summed E-state index contributed by atoms with van der Waals surface area (Å²) in [7, 11) is 1.64. The second kappa shape index (κ2) is 13.4. The van der Waals surface area contributed by atoms with Gasteiger partial charge in [-0.25, -0.2) is 0 Å². The standard InChI is InChI=1S/C29H38N4O5/c1-37-26-6-2-21(3-7-26)19-33(24-12-16-32(17-13-24)23-10-14-31-15-11-23)29(36)22-4-8-27(9-5-22)38-20-25(34)18-28(30)35/h2-9,23-24,31H,10-20H2,1H3,(H2,30,35). The summed E-state index contributed by atoms with van der Waals surface area (Å²) >= 11 is 0. The number of methoxy groups -OCH3 is 1. The first-order valence-electron chi connectivity index (χ1n) is 13.3. The van der Waals surface area contributed by atoms with Crippen LogP contribution in [0.1, 0.15) is 48.0 Å². The maximum atomic E-state index is 13.8. The van der Waals surface area contributed by atoms with Gasteiger partial charge in [0.25, 0.3) is 5.91 Å². The Bertz CT molecular complexity index is 1080. The highest BCUT2D eigenvalue weighted by molar-refractivity contribution is 5.98. The number of ketones is 1. The number of hydrogen-bond donors (Lipinski definition) is 2. The van der Waals surface area contributed by atoms with Crippen molar-refractivity contribution in [1.82, 2.24) is 15.1 Å². The average molecular weight is 523 g/mol. The number of benzene rings is 2. The van der Waals surface area contributed by atoms with Crippen molar-refractivity contribution < 1.29 is 23.9 Å². The van der Waals surface area contributed by atoms with Gasteiger partial charge in [0, 0.05) is 37.3 Å². The molecule has 2 aromatic carbocycles. The molecule has 0 unspecified atom stereocenters. The van der Waals surface area contributed by atoms with Crippen molar-refractivity contribution in [1.29, 1.82) is 0 Å². The molecule has 204 valence electrons. The van der Waals surface area contributed by atoms with Crippen LogP contribution in [-0.2, 0) is 16.1 Å². The summed E-state index contributed by atoms with van der Waals surface area (Å²) in [6.07, 6.45) is 3.89. The number of nitrogens with one attached hydrogen (secondary N) is 1. The van der Waals surface area contributed by atoms with Crippen LogP contribution in [0.25, 0.3) is 0 Å². The van der Waals surface area contributed by atoms with Crippen LogP contribution in [0.4, 0.5) is 0 Å². The zero-order valence-corrected chi connectivity index (χ0v) is 22.1. The molecule has 2 aliphatic rings. The summed E-state index contributed by atoms with van der Waals surface area (Å²) in [6.45, 7) is 4.41. The second-order valence-corrected chi connectivity index (χ2v) is 10.0. The maximum Gasteiger partial charge on any atom is 0.254 e. The number of carbonyl (C=O) groups is 3. The smallest absolute Gasteiger partial charge is 0.254 e. The van der Waals surface area contributed by atoms with Crippen molar-refractivity contribution in [3.8, 4) is 11.5 Å². The molecule has 9 nitrogen and oxygen atoms in total. The minimum Gasteiger partial charge on any atom is -0.497 e. The van der Waals surface area contributed by atoms with Gasteiger partial charge in [-0.2, -0.15) is 0 Å². The van der Waals surface area contributed by atoms with Crippen LogP contribution in [0.2, 0.25) is 0 Å². The van der Waals surface area contributed by atoms with E-state index in [0.29, 0.717) is 23.9 Å². The van der Waals surface area contributed by atoms with Crippen molar-refractivity contribution >= 4 is 17.6 Å². The Labute approximate surface area is 224 Å². The molecule has 2 aromatic rings. The molecule has 0 atom stereocenters. The predicted molar refractivity (Wildman–Crippen MR) is 144 cm³/mol. The van der Waals surface area contributed by atoms with Gasteiger partial charge >= 0.3 is 0 Å². The minimum absolute atomic E-state index is 0.0301. The first-order chi connectivity index (χ1) is 18.4. The monoisotopic (exact) mass is 522 g/mol. The minimum atomic E-state index is -0.682. The number of hydrogen-bond acceptors (Lipinski definition) is 7. The molecule has 4 rings (SSSR count). The normalized spacial score (nSPS) is 17.1. The Morgan fingerprint density at radius 1 is 0.947 bits per heavy atom. The van der Waals surface area contributed by atoms with Gasteiger partial charge in [-0.05, 0) is 80.7 Å². The first kappa shape index (κ1) is 27.6. The molecule has 0 aromatic heterocycles. The Morgan fingerprint density at radius 2 is 1.58 bits per heavy atom. The molecule has 0 saturated carbocycles. The van der Waals surface area contributed by atoms with Crippen LogP contribution in [-0.4, -0.2) is 79.4 Å². The van der Waals surface area contributed by atoms with Crippen LogP contribution in [0.15, 0.2) is 48.5 Å². The van der Waals surface area contributed by atoms with Crippen molar-refractivity contribution in [3.05, 3.63) is 59.7 Å². The summed E-state index contributed by atoms with van der Waals surface area (Å²) in [4.78, 5) is 41.0. The fourth-order valence-corrected chi connectivity index (χ4v) is 5.30. The second-order valence-electron chi connectivity index (χ2n) is 10.0. The van der Waals surface area contributed by atoms with Gasteiger partial charge in [-0.3, -0.25) is 14.4 Å². The van der Waals surface area contributed by atoms with E-state index in [-0.39, 0.29) is 30.8 Å². The molecule has 9 heteroatoms. The summed E-state index contributed by atoms with van der Waals surface area (Å²) in [6, 6.07) is 15.4. The van der Waals surface area contributed by atoms with Gasteiger partial charge in [0.2, 0.25) is 5.91 Å². The van der Waals surface area contributed by atoms with Crippen LogP contribution in [0.5, 0.6) is 11.5 Å². The van der Waals surface area contributed by atoms with Gasteiger partial charge < -0.3 is 30.3 Å². The molecule has 2 aliphatic heterocycles. The molecule has 2 amide bonds. The number of nitrogens with zero attached hydrogens (tertiary/aromatic N) is 2. The van der Waals surface area contributed by atoms with Crippen molar-refractivity contribution in [2.75, 3.05) is 39.9 Å². The zero-order valence-electron chi connectivity index (χ0n) is 22.1. The van der Waals surface area contributed by atoms with Crippen molar-refractivity contribution in [2.24, 2.45) is 5.73 Å². The zero-order chi connectivity index (χ0) is 26.9. The predicted octanol–water partition coefficient (Wildman–Crippen LogP) is 2.38. The summed E-state index contributed by atoms with van der Waals surface area (Å²) in [5.74, 6) is 0.137. The molecule has 3 N–H and O–H groups in total. The number of ether oxygens (including phenoxy) is 2. The van der Waals surface area contributed by atoms with Crippen LogP contribution in [0, 0.1) is 0 Å². The molecule has 0 aliphatic carbocycles. The van der Waals surface area contributed by atoms with Crippen LogP contribution in [0.3, 0.4) is 0 Å². The third-order valence-corrected chi connectivity index (χ3v) is 7.41. The molecular formula is C29H38N4O5. The lowest BCUT2D eigenvalue weighted by Crippen LogP contribution is -2.51. The summed E-state index contributed by atoms with van der Waals surface area (Å²) in [5, 5.41) is 3.44. The number of piperidine rings is 2. The van der Waals surface area contributed by atoms with E-state index in [1.54, 1.807) is 31.4 Å². The molecule has 0 bridgehead atoms. The van der Waals surface area contributed by atoms with Crippen LogP contribution < -0.4 is 20.5 Å². The quantitative estimate of drug-likeness (QED) is 0.436. The Balaban J connectivity index is 1.44. The molecule has 2 fully saturated rings. The lowest BCUT2D eigenvalue weighted by Gasteiger charge is -2.42. The summed E-state index contributed by atoms with van der Waals surface area (Å²) in [5.41, 5.74) is 6.67. The van der Waals surface area contributed by atoms with Gasteiger partial charge in [0.15, 0.2) is 5.78 Å². The molecule has 0 radical (unpaired) electrons. The highest BCUT2D eigenvalue weighted by Gasteiger charge is 2.31. The lowest BCUT2D eigenvalue weighted by atomic mass is 9.96. The Hall–Kier alpha value is -3.43. The fraction of sp³-hybridized carbons (Fsp3) is 0.483. The van der Waals surface area contributed by atoms with Gasteiger partial charge in [0.1, 0.15) is 18.1 Å². The van der Waals surface area contributed by atoms with Gasteiger partial charge in [0.05, 0.1) is 13.5 Å². The number of rotatable bonds is 11. The van der Waals surface area contributed by atoms with Gasteiger partial charge in [-0.1, -0.05) is 12.1 Å². The highest BCUT2D eigenvalue weighted by Crippen LogP contribution is 2.26. The van der Waals surface area contributed by atoms with Crippen molar-refractivity contribution in [2.45, 2.75) is 50.7 Å². The third-order valence-electron chi connectivity index (χ3n) is 7.41. The fourth-order valence-electron chi connectivity index (χ4n) is 5.30. The van der Waals surface area contributed by atoms with Crippen molar-refractivity contribution in [3.63, 3.8) is 0 Å².